The quantitative estimate of drug-likeness (QED) is 0.749. The van der Waals surface area contributed by atoms with E-state index >= 15 is 0 Å². The number of carboxylic acid groups (broad SMARTS) is 1. The molecule has 0 radical (unpaired) electrons. The standard InChI is InChI=1S/C11H12O2/c1-7-2-4-8(5-3-7)9-6-10(9)11(12)13/h2-5,9-10H,6H2,1H3,(H,12,13)/t9?,10-/m0/s1. The van der Waals surface area contributed by atoms with Crippen LogP contribution in [0.3, 0.4) is 0 Å². The first kappa shape index (κ1) is 8.30. The highest BCUT2D eigenvalue weighted by molar-refractivity contribution is 5.75. The molecule has 1 aromatic rings. The molecule has 1 aliphatic rings. The van der Waals surface area contributed by atoms with Crippen LogP contribution in [-0.4, -0.2) is 11.1 Å². The van der Waals surface area contributed by atoms with Gasteiger partial charge >= 0.3 is 5.97 Å². The molecule has 0 heterocycles. The maximum Gasteiger partial charge on any atom is 0.307 e. The summed E-state index contributed by atoms with van der Waals surface area (Å²) in [6.45, 7) is 2.03. The Morgan fingerprint density at radius 3 is 2.46 bits per heavy atom. The van der Waals surface area contributed by atoms with Gasteiger partial charge in [0.05, 0.1) is 5.92 Å². The topological polar surface area (TPSA) is 37.3 Å². The molecular weight excluding hydrogens is 164 g/mol. The minimum Gasteiger partial charge on any atom is -0.481 e. The molecule has 68 valence electrons. The predicted molar refractivity (Wildman–Crippen MR) is 49.7 cm³/mol. The number of carbonyl (C=O) groups is 1. The zero-order valence-corrected chi connectivity index (χ0v) is 7.53. The molecule has 0 bridgehead atoms. The fourth-order valence-electron chi connectivity index (χ4n) is 1.65. The van der Waals surface area contributed by atoms with E-state index in [0.717, 1.165) is 12.0 Å². The average Bonchev–Trinajstić information content (AvgIpc) is 2.85. The van der Waals surface area contributed by atoms with E-state index in [4.69, 9.17) is 5.11 Å². The Bertz CT molecular complexity index is 326. The second-order valence-electron chi connectivity index (χ2n) is 3.70. The molecule has 1 aliphatic carbocycles. The van der Waals surface area contributed by atoms with Gasteiger partial charge in [-0.3, -0.25) is 4.79 Å². The van der Waals surface area contributed by atoms with Crippen molar-refractivity contribution in [1.82, 2.24) is 0 Å². The number of hydrogen-bond donors (Lipinski definition) is 1. The van der Waals surface area contributed by atoms with Gasteiger partial charge in [0.15, 0.2) is 0 Å². The van der Waals surface area contributed by atoms with Crippen LogP contribution >= 0.6 is 0 Å². The molecule has 1 saturated carbocycles. The Labute approximate surface area is 77.2 Å². The number of aliphatic carboxylic acids is 1. The maximum absolute atomic E-state index is 10.6. The van der Waals surface area contributed by atoms with E-state index in [2.05, 4.69) is 0 Å². The molecule has 0 aliphatic heterocycles. The van der Waals surface area contributed by atoms with Gasteiger partial charge < -0.3 is 5.11 Å². The van der Waals surface area contributed by atoms with Crippen molar-refractivity contribution in [3.8, 4) is 0 Å². The zero-order chi connectivity index (χ0) is 9.42. The zero-order valence-electron chi connectivity index (χ0n) is 7.53. The van der Waals surface area contributed by atoms with Gasteiger partial charge in [-0.1, -0.05) is 29.8 Å². The van der Waals surface area contributed by atoms with Gasteiger partial charge in [0, 0.05) is 0 Å². The third kappa shape index (κ3) is 1.57. The number of hydrogen-bond acceptors (Lipinski definition) is 1. The molecule has 2 nitrogen and oxygen atoms in total. The first-order valence-corrected chi connectivity index (χ1v) is 4.48. The molecule has 1 unspecified atom stereocenters. The van der Waals surface area contributed by atoms with Crippen LogP contribution in [0, 0.1) is 12.8 Å². The third-order valence-electron chi connectivity index (χ3n) is 2.61. The summed E-state index contributed by atoms with van der Waals surface area (Å²) in [5.74, 6) is -0.536. The minimum absolute atomic E-state index is 0.136. The maximum atomic E-state index is 10.6. The molecule has 0 saturated heterocycles. The highest BCUT2D eigenvalue weighted by atomic mass is 16.4. The van der Waals surface area contributed by atoms with Crippen LogP contribution in [0.2, 0.25) is 0 Å². The highest BCUT2D eigenvalue weighted by Crippen LogP contribution is 2.47. The van der Waals surface area contributed by atoms with Crippen LogP contribution in [0.15, 0.2) is 24.3 Å². The van der Waals surface area contributed by atoms with Crippen molar-refractivity contribution < 1.29 is 9.90 Å². The lowest BCUT2D eigenvalue weighted by molar-refractivity contribution is -0.138. The summed E-state index contributed by atoms with van der Waals surface area (Å²) in [5, 5.41) is 8.74. The van der Waals surface area contributed by atoms with Gasteiger partial charge in [0.25, 0.3) is 0 Å². The molecule has 0 amide bonds. The van der Waals surface area contributed by atoms with Gasteiger partial charge in [0.2, 0.25) is 0 Å². The summed E-state index contributed by atoms with van der Waals surface area (Å²) in [6.07, 6.45) is 0.804. The lowest BCUT2D eigenvalue weighted by Crippen LogP contribution is -1.98. The number of aryl methyl sites for hydroxylation is 1. The Balaban J connectivity index is 2.12. The van der Waals surface area contributed by atoms with Crippen molar-refractivity contribution in [1.29, 1.82) is 0 Å². The third-order valence-corrected chi connectivity index (χ3v) is 2.61. The second-order valence-corrected chi connectivity index (χ2v) is 3.70. The van der Waals surface area contributed by atoms with Gasteiger partial charge in [-0.05, 0) is 24.8 Å². The first-order valence-electron chi connectivity index (χ1n) is 4.48. The van der Waals surface area contributed by atoms with E-state index in [-0.39, 0.29) is 11.8 Å². The van der Waals surface area contributed by atoms with E-state index in [9.17, 15) is 4.79 Å². The molecule has 1 N–H and O–H groups in total. The molecule has 2 heteroatoms. The summed E-state index contributed by atoms with van der Waals surface area (Å²) >= 11 is 0. The summed E-state index contributed by atoms with van der Waals surface area (Å²) in [5.41, 5.74) is 2.38. The van der Waals surface area contributed by atoms with E-state index in [1.807, 2.05) is 31.2 Å². The number of carboxylic acids is 1. The van der Waals surface area contributed by atoms with E-state index in [0.29, 0.717) is 0 Å². The fraction of sp³-hybridized carbons (Fsp3) is 0.364. The van der Waals surface area contributed by atoms with Crippen LogP contribution in [0.4, 0.5) is 0 Å². The molecule has 13 heavy (non-hydrogen) atoms. The molecule has 0 spiro atoms. The summed E-state index contributed by atoms with van der Waals surface area (Å²) in [4.78, 5) is 10.6. The molecule has 2 atom stereocenters. The first-order chi connectivity index (χ1) is 6.18. The van der Waals surface area contributed by atoms with Gasteiger partial charge in [-0.25, -0.2) is 0 Å². The van der Waals surface area contributed by atoms with Crippen LogP contribution in [0.1, 0.15) is 23.5 Å². The predicted octanol–water partition coefficient (Wildman–Crippen LogP) is 2.18. The Morgan fingerprint density at radius 2 is 2.00 bits per heavy atom. The van der Waals surface area contributed by atoms with Crippen LogP contribution < -0.4 is 0 Å². The van der Waals surface area contributed by atoms with E-state index in [1.165, 1.54) is 5.56 Å². The fourth-order valence-corrected chi connectivity index (χ4v) is 1.65. The van der Waals surface area contributed by atoms with Gasteiger partial charge in [-0.2, -0.15) is 0 Å². The van der Waals surface area contributed by atoms with Crippen molar-refractivity contribution in [3.63, 3.8) is 0 Å². The van der Waals surface area contributed by atoms with Crippen LogP contribution in [0.5, 0.6) is 0 Å². The average molecular weight is 176 g/mol. The molecule has 2 rings (SSSR count). The Hall–Kier alpha value is -1.31. The summed E-state index contributed by atoms with van der Waals surface area (Å²) in [6, 6.07) is 8.13. The molecular formula is C11H12O2. The van der Waals surface area contributed by atoms with Gasteiger partial charge in [-0.15, -0.1) is 0 Å². The number of rotatable bonds is 2. The van der Waals surface area contributed by atoms with E-state index in [1.54, 1.807) is 0 Å². The molecule has 1 aromatic carbocycles. The van der Waals surface area contributed by atoms with Crippen molar-refractivity contribution >= 4 is 5.97 Å². The lowest BCUT2D eigenvalue weighted by atomic mass is 10.1. The van der Waals surface area contributed by atoms with E-state index < -0.39 is 5.97 Å². The van der Waals surface area contributed by atoms with Crippen LogP contribution in [0.25, 0.3) is 0 Å². The minimum atomic E-state index is -0.662. The van der Waals surface area contributed by atoms with Crippen molar-refractivity contribution in [2.24, 2.45) is 5.92 Å². The van der Waals surface area contributed by atoms with Crippen molar-refractivity contribution in [2.45, 2.75) is 19.3 Å². The Kier molecular flexibility index (Phi) is 1.83. The smallest absolute Gasteiger partial charge is 0.307 e. The van der Waals surface area contributed by atoms with Crippen molar-refractivity contribution in [2.75, 3.05) is 0 Å². The summed E-state index contributed by atoms with van der Waals surface area (Å²) in [7, 11) is 0. The Morgan fingerprint density at radius 1 is 1.38 bits per heavy atom. The van der Waals surface area contributed by atoms with Gasteiger partial charge in [0.1, 0.15) is 0 Å². The normalized spacial score (nSPS) is 25.6. The largest absolute Gasteiger partial charge is 0.481 e. The lowest BCUT2D eigenvalue weighted by Gasteiger charge is -1.98. The molecule has 1 fully saturated rings. The number of benzene rings is 1. The highest BCUT2D eigenvalue weighted by Gasteiger charge is 2.43. The van der Waals surface area contributed by atoms with Crippen LogP contribution in [-0.2, 0) is 4.79 Å². The molecule has 0 aromatic heterocycles. The van der Waals surface area contributed by atoms with Crippen molar-refractivity contribution in [3.05, 3.63) is 35.4 Å². The second kappa shape index (κ2) is 2.87. The monoisotopic (exact) mass is 176 g/mol. The summed E-state index contributed by atoms with van der Waals surface area (Å²) < 4.78 is 0. The SMILES string of the molecule is Cc1ccc(C2C[C@@H]2C(=O)O)cc1.